The van der Waals surface area contributed by atoms with Crippen LogP contribution in [-0.2, 0) is 0 Å². The van der Waals surface area contributed by atoms with Gasteiger partial charge in [-0.05, 0) is 63.6 Å². The number of hydrogen-bond donors (Lipinski definition) is 1. The lowest BCUT2D eigenvalue weighted by atomic mass is 9.99. The number of aliphatic hydroxyl groups excluding tert-OH is 1. The van der Waals surface area contributed by atoms with Crippen molar-refractivity contribution in [3.63, 3.8) is 0 Å². The zero-order chi connectivity index (χ0) is 13.6. The van der Waals surface area contributed by atoms with Crippen LogP contribution >= 0.6 is 43.2 Å². The second-order valence-electron chi connectivity index (χ2n) is 5.34. The van der Waals surface area contributed by atoms with E-state index in [1.54, 1.807) is 0 Å². The van der Waals surface area contributed by atoms with Crippen LogP contribution in [0.3, 0.4) is 0 Å². The van der Waals surface area contributed by atoms with E-state index in [1.807, 2.05) is 6.07 Å². The van der Waals surface area contributed by atoms with Gasteiger partial charge in [0.25, 0.3) is 0 Å². The quantitative estimate of drug-likeness (QED) is 0.778. The van der Waals surface area contributed by atoms with Gasteiger partial charge < -0.3 is 5.11 Å². The van der Waals surface area contributed by atoms with Crippen molar-refractivity contribution in [2.24, 2.45) is 0 Å². The molecule has 0 amide bonds. The first-order valence-electron chi connectivity index (χ1n) is 6.46. The predicted molar refractivity (Wildman–Crippen MR) is 82.8 cm³/mol. The van der Waals surface area contributed by atoms with Crippen LogP contribution in [0.2, 0.25) is 0 Å². The minimum absolute atomic E-state index is 0.169. The molecule has 1 aromatic rings. The lowest BCUT2D eigenvalue weighted by molar-refractivity contribution is 0.0344. The third kappa shape index (κ3) is 2.83. The van der Waals surface area contributed by atoms with Crippen LogP contribution in [-0.4, -0.2) is 40.5 Å². The lowest BCUT2D eigenvalue weighted by Crippen LogP contribution is -2.46. The van der Waals surface area contributed by atoms with Crippen molar-refractivity contribution in [1.82, 2.24) is 4.90 Å². The molecular formula is C13H15Br2NO2S. The fraction of sp³-hybridized carbons (Fsp3) is 0.615. The Kier molecular flexibility index (Phi) is 4.16. The highest BCUT2D eigenvalue weighted by molar-refractivity contribution is 9.12. The fourth-order valence-electron chi connectivity index (χ4n) is 3.28. The summed E-state index contributed by atoms with van der Waals surface area (Å²) in [5, 5.41) is 9.78. The largest absolute Gasteiger partial charge is 0.393 e. The Morgan fingerprint density at radius 3 is 2.53 bits per heavy atom. The molecule has 1 N–H and O–H groups in total. The molecule has 0 saturated carbocycles. The molecule has 3 nitrogen and oxygen atoms in total. The summed E-state index contributed by atoms with van der Waals surface area (Å²) in [6.07, 6.45) is 3.69. The summed E-state index contributed by atoms with van der Waals surface area (Å²) in [5.41, 5.74) is 0.766. The topological polar surface area (TPSA) is 40.5 Å². The van der Waals surface area contributed by atoms with Gasteiger partial charge in [0.15, 0.2) is 5.78 Å². The molecule has 2 fully saturated rings. The molecule has 0 aliphatic carbocycles. The molecule has 2 saturated heterocycles. The van der Waals surface area contributed by atoms with Crippen LogP contribution in [0.25, 0.3) is 0 Å². The first-order chi connectivity index (χ1) is 9.04. The van der Waals surface area contributed by atoms with Gasteiger partial charge in [-0.2, -0.15) is 0 Å². The number of thiophene rings is 1. The van der Waals surface area contributed by atoms with Gasteiger partial charge in [0.2, 0.25) is 0 Å². The van der Waals surface area contributed by atoms with Crippen molar-refractivity contribution in [3.05, 3.63) is 19.2 Å². The number of piperidine rings is 1. The molecule has 3 heterocycles. The Bertz CT molecular complexity index is 491. The molecule has 0 spiro atoms. The third-order valence-corrected chi connectivity index (χ3v) is 6.48. The van der Waals surface area contributed by atoms with Gasteiger partial charge in [0, 0.05) is 17.6 Å². The van der Waals surface area contributed by atoms with Gasteiger partial charge in [-0.15, -0.1) is 11.3 Å². The van der Waals surface area contributed by atoms with Crippen LogP contribution in [0.5, 0.6) is 0 Å². The SMILES string of the molecule is O=C(CN1C2CCC1CC(O)C2)c1cc(Br)sc1Br. The number of nitrogens with zero attached hydrogens (tertiary/aromatic N) is 1. The average molecular weight is 409 g/mol. The summed E-state index contributed by atoms with van der Waals surface area (Å²) >= 11 is 8.39. The van der Waals surface area contributed by atoms with Gasteiger partial charge in [0.1, 0.15) is 0 Å². The van der Waals surface area contributed by atoms with Crippen molar-refractivity contribution in [1.29, 1.82) is 0 Å². The lowest BCUT2D eigenvalue weighted by Gasteiger charge is -2.36. The van der Waals surface area contributed by atoms with Crippen LogP contribution < -0.4 is 0 Å². The van der Waals surface area contributed by atoms with Crippen LogP contribution in [0.15, 0.2) is 13.6 Å². The van der Waals surface area contributed by atoms with E-state index in [2.05, 4.69) is 36.8 Å². The summed E-state index contributed by atoms with van der Waals surface area (Å²) in [5.74, 6) is 0.169. The summed E-state index contributed by atoms with van der Waals surface area (Å²) in [6.45, 7) is 0.476. The third-order valence-electron chi connectivity index (χ3n) is 4.14. The standard InChI is InChI=1S/C13H15Br2NO2S/c14-12-5-10(13(15)19-12)11(18)6-16-7-1-2-8(16)4-9(17)3-7/h5,7-9,17H,1-4,6H2. The molecule has 6 heteroatoms. The molecule has 104 valence electrons. The van der Waals surface area contributed by atoms with Gasteiger partial charge >= 0.3 is 0 Å². The van der Waals surface area contributed by atoms with E-state index in [9.17, 15) is 9.90 Å². The maximum absolute atomic E-state index is 12.4. The molecule has 0 radical (unpaired) electrons. The second kappa shape index (κ2) is 5.56. The summed E-state index contributed by atoms with van der Waals surface area (Å²) < 4.78 is 1.87. The Labute approximate surface area is 133 Å². The van der Waals surface area contributed by atoms with Crippen LogP contribution in [0.4, 0.5) is 0 Å². The minimum atomic E-state index is -0.175. The highest BCUT2D eigenvalue weighted by Gasteiger charge is 2.40. The van der Waals surface area contributed by atoms with Crippen molar-refractivity contribution in [2.75, 3.05) is 6.54 Å². The van der Waals surface area contributed by atoms with Gasteiger partial charge in [0.05, 0.1) is 20.2 Å². The Morgan fingerprint density at radius 1 is 1.37 bits per heavy atom. The minimum Gasteiger partial charge on any atom is -0.393 e. The van der Waals surface area contributed by atoms with E-state index < -0.39 is 0 Å². The van der Waals surface area contributed by atoms with Crippen LogP contribution in [0, 0.1) is 0 Å². The molecule has 2 atom stereocenters. The van der Waals surface area contributed by atoms with Crippen molar-refractivity contribution in [3.8, 4) is 0 Å². The van der Waals surface area contributed by atoms with E-state index in [0.29, 0.717) is 18.6 Å². The van der Waals surface area contributed by atoms with E-state index >= 15 is 0 Å². The fourth-order valence-corrected chi connectivity index (χ4v) is 6.14. The molecule has 3 rings (SSSR count). The second-order valence-corrected chi connectivity index (χ2v) is 9.09. The van der Waals surface area contributed by atoms with Crippen molar-refractivity contribution >= 4 is 49.0 Å². The van der Waals surface area contributed by atoms with Gasteiger partial charge in [-0.1, -0.05) is 0 Å². The molecule has 2 unspecified atom stereocenters. The number of aliphatic hydroxyl groups is 1. The van der Waals surface area contributed by atoms with Gasteiger partial charge in [-0.25, -0.2) is 0 Å². The number of fused-ring (bicyclic) bond motifs is 2. The number of rotatable bonds is 3. The number of hydrogen-bond acceptors (Lipinski definition) is 4. The molecular weight excluding hydrogens is 394 g/mol. The number of carbonyl (C=O) groups excluding carboxylic acids is 1. The number of carbonyl (C=O) groups is 1. The Hall–Kier alpha value is 0.250. The summed E-state index contributed by atoms with van der Waals surface area (Å²) in [6, 6.07) is 2.66. The molecule has 2 aliphatic rings. The first-order valence-corrected chi connectivity index (χ1v) is 8.86. The molecule has 1 aromatic heterocycles. The number of ketones is 1. The smallest absolute Gasteiger partial charge is 0.178 e. The maximum Gasteiger partial charge on any atom is 0.178 e. The molecule has 2 bridgehead atoms. The zero-order valence-electron chi connectivity index (χ0n) is 10.3. The average Bonchev–Trinajstić information content (AvgIpc) is 2.78. The van der Waals surface area contributed by atoms with Crippen molar-refractivity contribution in [2.45, 2.75) is 43.9 Å². The highest BCUT2D eigenvalue weighted by Crippen LogP contribution is 2.37. The zero-order valence-corrected chi connectivity index (χ0v) is 14.3. The first kappa shape index (κ1) is 14.2. The predicted octanol–water partition coefficient (Wildman–Crippen LogP) is 3.44. The van der Waals surface area contributed by atoms with E-state index in [-0.39, 0.29) is 11.9 Å². The van der Waals surface area contributed by atoms with Crippen molar-refractivity contribution < 1.29 is 9.90 Å². The normalized spacial score (nSPS) is 30.8. The molecule has 0 aromatic carbocycles. The monoisotopic (exact) mass is 407 g/mol. The number of halogens is 2. The maximum atomic E-state index is 12.4. The number of Topliss-reactive ketones (excluding diaryl/α,β-unsaturated/α-hetero) is 1. The summed E-state index contributed by atoms with van der Waals surface area (Å²) in [4.78, 5) is 14.7. The van der Waals surface area contributed by atoms with E-state index in [1.165, 1.54) is 11.3 Å². The van der Waals surface area contributed by atoms with Crippen LogP contribution in [0.1, 0.15) is 36.0 Å². The van der Waals surface area contributed by atoms with E-state index in [4.69, 9.17) is 0 Å². The highest BCUT2D eigenvalue weighted by atomic mass is 79.9. The molecule has 19 heavy (non-hydrogen) atoms. The van der Waals surface area contributed by atoms with E-state index in [0.717, 1.165) is 38.8 Å². The molecule has 2 aliphatic heterocycles. The van der Waals surface area contributed by atoms with Gasteiger partial charge in [-0.3, -0.25) is 9.69 Å². The summed E-state index contributed by atoms with van der Waals surface area (Å²) in [7, 11) is 0. The Balaban J connectivity index is 1.72. The Morgan fingerprint density at radius 2 is 2.00 bits per heavy atom.